The largest absolute Gasteiger partial charge is 0.497 e. The first-order valence-corrected chi connectivity index (χ1v) is 12.3. The number of nitrogens with zero attached hydrogens (tertiary/aromatic N) is 5. The lowest BCUT2D eigenvalue weighted by Crippen LogP contribution is -2.53. The lowest BCUT2D eigenvalue weighted by atomic mass is 10.1. The van der Waals surface area contributed by atoms with Gasteiger partial charge in [0.2, 0.25) is 5.91 Å². The quantitative estimate of drug-likeness (QED) is 0.528. The molecule has 188 valence electrons. The maximum absolute atomic E-state index is 13.7. The third kappa shape index (κ3) is 5.27. The van der Waals surface area contributed by atoms with E-state index in [1.807, 2.05) is 64.4 Å². The highest BCUT2D eigenvalue weighted by Crippen LogP contribution is 2.27. The zero-order valence-corrected chi connectivity index (χ0v) is 20.5. The van der Waals surface area contributed by atoms with Crippen LogP contribution in [0.25, 0.3) is 16.9 Å². The van der Waals surface area contributed by atoms with Crippen molar-refractivity contribution in [2.24, 2.45) is 0 Å². The second kappa shape index (κ2) is 10.9. The predicted octanol–water partition coefficient (Wildman–Crippen LogP) is 2.16. The normalized spacial score (nSPS) is 16.7. The van der Waals surface area contributed by atoms with Gasteiger partial charge < -0.3 is 19.3 Å². The molecule has 0 saturated carbocycles. The Morgan fingerprint density at radius 2 is 1.56 bits per heavy atom. The molecule has 2 amide bonds. The summed E-state index contributed by atoms with van der Waals surface area (Å²) in [7, 11) is 1.62. The third-order valence-corrected chi connectivity index (χ3v) is 6.71. The Morgan fingerprint density at radius 1 is 0.889 bits per heavy atom. The third-order valence-electron chi connectivity index (χ3n) is 6.71. The van der Waals surface area contributed by atoms with Crippen LogP contribution in [0.4, 0.5) is 0 Å². The van der Waals surface area contributed by atoms with E-state index < -0.39 is 0 Å². The molecule has 3 heterocycles. The van der Waals surface area contributed by atoms with Gasteiger partial charge in [-0.3, -0.25) is 14.5 Å². The number of piperazine rings is 1. The topological polar surface area (TPSA) is 80.1 Å². The number of morpholine rings is 1. The van der Waals surface area contributed by atoms with Crippen LogP contribution in [-0.4, -0.2) is 102 Å². The summed E-state index contributed by atoms with van der Waals surface area (Å²) in [6.07, 6.45) is 1.80. The van der Waals surface area contributed by atoms with Crippen LogP contribution in [0.5, 0.6) is 5.75 Å². The van der Waals surface area contributed by atoms with Crippen LogP contribution in [0.15, 0.2) is 60.8 Å². The van der Waals surface area contributed by atoms with E-state index in [9.17, 15) is 9.59 Å². The van der Waals surface area contributed by atoms with E-state index in [1.165, 1.54) is 0 Å². The average molecular weight is 490 g/mol. The van der Waals surface area contributed by atoms with Gasteiger partial charge in [0.1, 0.15) is 11.4 Å². The summed E-state index contributed by atoms with van der Waals surface area (Å²) < 4.78 is 12.4. The number of para-hydroxylation sites is 1. The number of benzene rings is 2. The SMILES string of the molecule is COc1ccc(-c2nn(-c3ccccc3)cc2C(=O)N2CCN(C(=O)CN3CCOCC3)CC2)cc1. The highest BCUT2D eigenvalue weighted by molar-refractivity contribution is 6.00. The predicted molar refractivity (Wildman–Crippen MR) is 135 cm³/mol. The van der Waals surface area contributed by atoms with Gasteiger partial charge in [-0.1, -0.05) is 18.2 Å². The van der Waals surface area contributed by atoms with Gasteiger partial charge in [0.15, 0.2) is 0 Å². The van der Waals surface area contributed by atoms with Crippen LogP contribution >= 0.6 is 0 Å². The van der Waals surface area contributed by atoms with Crippen molar-refractivity contribution in [2.75, 3.05) is 66.1 Å². The van der Waals surface area contributed by atoms with Gasteiger partial charge in [0.05, 0.1) is 38.1 Å². The summed E-state index contributed by atoms with van der Waals surface area (Å²) in [5.41, 5.74) is 2.88. The molecule has 2 aliphatic heterocycles. The van der Waals surface area contributed by atoms with Crippen LogP contribution in [0.2, 0.25) is 0 Å². The van der Waals surface area contributed by atoms with E-state index in [2.05, 4.69) is 4.90 Å². The van der Waals surface area contributed by atoms with Crippen molar-refractivity contribution in [1.82, 2.24) is 24.5 Å². The standard InChI is InChI=1S/C27H31N5O4/c1-35-23-9-7-21(8-10-23)26-24(19-32(28-26)22-5-3-2-4-6-22)27(34)31-13-11-30(12-14-31)25(33)20-29-15-17-36-18-16-29/h2-10,19H,11-18,20H2,1H3. The fraction of sp³-hybridized carbons (Fsp3) is 0.370. The summed E-state index contributed by atoms with van der Waals surface area (Å²) in [5, 5.41) is 4.78. The van der Waals surface area contributed by atoms with Crippen molar-refractivity contribution in [2.45, 2.75) is 0 Å². The lowest BCUT2D eigenvalue weighted by molar-refractivity contribution is -0.134. The Bertz CT molecular complexity index is 1180. The van der Waals surface area contributed by atoms with Gasteiger partial charge in [-0.15, -0.1) is 0 Å². The maximum atomic E-state index is 13.7. The zero-order chi connectivity index (χ0) is 24.9. The van der Waals surface area contributed by atoms with E-state index >= 15 is 0 Å². The maximum Gasteiger partial charge on any atom is 0.257 e. The first-order chi connectivity index (χ1) is 17.6. The second-order valence-corrected chi connectivity index (χ2v) is 8.96. The molecule has 0 atom stereocenters. The van der Waals surface area contributed by atoms with Gasteiger partial charge in [-0.2, -0.15) is 5.10 Å². The summed E-state index contributed by atoms with van der Waals surface area (Å²) in [4.78, 5) is 32.3. The van der Waals surface area contributed by atoms with Gasteiger partial charge >= 0.3 is 0 Å². The minimum Gasteiger partial charge on any atom is -0.497 e. The molecule has 0 aliphatic carbocycles. The van der Waals surface area contributed by atoms with Crippen LogP contribution < -0.4 is 4.74 Å². The van der Waals surface area contributed by atoms with E-state index in [0.29, 0.717) is 57.2 Å². The van der Waals surface area contributed by atoms with Crippen molar-refractivity contribution in [3.8, 4) is 22.7 Å². The molecule has 5 rings (SSSR count). The monoisotopic (exact) mass is 489 g/mol. The number of aromatic nitrogens is 2. The second-order valence-electron chi connectivity index (χ2n) is 8.96. The number of methoxy groups -OCH3 is 1. The molecule has 1 aromatic heterocycles. The molecular weight excluding hydrogens is 458 g/mol. The molecule has 2 aromatic carbocycles. The van der Waals surface area contributed by atoms with E-state index in [-0.39, 0.29) is 11.8 Å². The summed E-state index contributed by atoms with van der Waals surface area (Å²) in [6, 6.07) is 17.3. The molecule has 0 bridgehead atoms. The van der Waals surface area contributed by atoms with Crippen molar-refractivity contribution < 1.29 is 19.1 Å². The number of rotatable bonds is 6. The molecule has 9 heteroatoms. The van der Waals surface area contributed by atoms with E-state index in [0.717, 1.165) is 30.1 Å². The molecule has 2 fully saturated rings. The van der Waals surface area contributed by atoms with Gasteiger partial charge in [-0.25, -0.2) is 4.68 Å². The fourth-order valence-electron chi connectivity index (χ4n) is 4.59. The van der Waals surface area contributed by atoms with Crippen molar-refractivity contribution in [3.05, 3.63) is 66.4 Å². The number of carbonyl (C=O) groups is 2. The van der Waals surface area contributed by atoms with Crippen molar-refractivity contribution in [3.63, 3.8) is 0 Å². The Morgan fingerprint density at radius 3 is 2.22 bits per heavy atom. The molecule has 0 unspecified atom stereocenters. The minimum atomic E-state index is -0.0803. The molecule has 9 nitrogen and oxygen atoms in total. The number of ether oxygens (including phenoxy) is 2. The fourth-order valence-corrected chi connectivity index (χ4v) is 4.59. The van der Waals surface area contributed by atoms with Crippen LogP contribution in [0.3, 0.4) is 0 Å². The first-order valence-electron chi connectivity index (χ1n) is 12.3. The van der Waals surface area contributed by atoms with Gasteiger partial charge in [-0.05, 0) is 36.4 Å². The molecule has 3 aromatic rings. The molecule has 2 aliphatic rings. The highest BCUT2D eigenvalue weighted by Gasteiger charge is 2.29. The highest BCUT2D eigenvalue weighted by atomic mass is 16.5. The Hall–Kier alpha value is -3.69. The average Bonchev–Trinajstić information content (AvgIpc) is 3.39. The Kier molecular flexibility index (Phi) is 7.29. The van der Waals surface area contributed by atoms with Crippen LogP contribution in [0, 0.1) is 0 Å². The van der Waals surface area contributed by atoms with Crippen molar-refractivity contribution in [1.29, 1.82) is 0 Å². The molecular formula is C27H31N5O4. The number of hydrogen-bond acceptors (Lipinski definition) is 6. The summed E-state index contributed by atoms with van der Waals surface area (Å²) >= 11 is 0. The number of amides is 2. The summed E-state index contributed by atoms with van der Waals surface area (Å²) in [5.74, 6) is 0.773. The number of hydrogen-bond donors (Lipinski definition) is 0. The van der Waals surface area contributed by atoms with E-state index in [1.54, 1.807) is 18.0 Å². The Balaban J connectivity index is 1.32. The van der Waals surface area contributed by atoms with Gasteiger partial charge in [0, 0.05) is 51.0 Å². The molecule has 0 N–H and O–H groups in total. The Labute approximate surface area is 210 Å². The smallest absolute Gasteiger partial charge is 0.257 e. The van der Waals surface area contributed by atoms with Crippen LogP contribution in [0.1, 0.15) is 10.4 Å². The van der Waals surface area contributed by atoms with Crippen LogP contribution in [-0.2, 0) is 9.53 Å². The van der Waals surface area contributed by atoms with Crippen molar-refractivity contribution >= 4 is 11.8 Å². The molecule has 2 saturated heterocycles. The first kappa shape index (κ1) is 24.0. The summed E-state index contributed by atoms with van der Waals surface area (Å²) in [6.45, 7) is 5.35. The zero-order valence-electron chi connectivity index (χ0n) is 20.5. The number of carbonyl (C=O) groups excluding carboxylic acids is 2. The molecule has 36 heavy (non-hydrogen) atoms. The molecule has 0 spiro atoms. The lowest BCUT2D eigenvalue weighted by Gasteiger charge is -2.36. The van der Waals surface area contributed by atoms with E-state index in [4.69, 9.17) is 14.6 Å². The minimum absolute atomic E-state index is 0.0803. The van der Waals surface area contributed by atoms with Gasteiger partial charge in [0.25, 0.3) is 5.91 Å². The molecule has 0 radical (unpaired) electrons.